The van der Waals surface area contributed by atoms with Crippen LogP contribution in [0.15, 0.2) is 0 Å². The zero-order chi connectivity index (χ0) is 6.20. The fraction of sp³-hybridized carbons (Fsp3) is 0.750. The van der Waals surface area contributed by atoms with Crippen LogP contribution in [0.1, 0.15) is 12.8 Å². The van der Waals surface area contributed by atoms with E-state index in [1.807, 2.05) is 0 Å². The summed E-state index contributed by atoms with van der Waals surface area (Å²) in [5.41, 5.74) is -0.336. The summed E-state index contributed by atoms with van der Waals surface area (Å²) in [5, 5.41) is 8.59. The van der Waals surface area contributed by atoms with E-state index in [1.165, 1.54) is 0 Å². The highest BCUT2D eigenvalue weighted by molar-refractivity contribution is 7.94. The third-order valence-corrected chi connectivity index (χ3v) is 2.91. The highest BCUT2D eigenvalue weighted by Crippen LogP contribution is 2.23. The molecule has 0 aromatic rings. The first-order valence-electron chi connectivity index (χ1n) is 2.40. The van der Waals surface area contributed by atoms with E-state index in [2.05, 4.69) is 0 Å². The van der Waals surface area contributed by atoms with Gasteiger partial charge in [0.1, 0.15) is 0 Å². The molecular weight excluding hydrogens is 128 g/mol. The van der Waals surface area contributed by atoms with Crippen molar-refractivity contribution in [2.24, 2.45) is 0 Å². The maximum absolute atomic E-state index is 10.5. The Morgan fingerprint density at radius 2 is 2.12 bits per heavy atom. The number of hydrogen-bond donors (Lipinski definition) is 1. The highest BCUT2D eigenvalue weighted by Gasteiger charge is 2.30. The average Bonchev–Trinajstić information content (AvgIpc) is 1.86. The summed E-state index contributed by atoms with van der Waals surface area (Å²) in [6, 6.07) is 0. The summed E-state index contributed by atoms with van der Waals surface area (Å²) in [6.45, 7) is 0. The van der Waals surface area contributed by atoms with Crippen molar-refractivity contribution >= 4 is 9.84 Å². The van der Waals surface area contributed by atoms with Crippen LogP contribution in [0.4, 0.5) is 0 Å². The summed E-state index contributed by atoms with van der Waals surface area (Å²) in [5.74, 6) is 0.124. The van der Waals surface area contributed by atoms with E-state index in [-0.39, 0.29) is 11.2 Å². The SMILES string of the molecule is O=S1(=O)CCC[C]1O. The average molecular weight is 135 g/mol. The van der Waals surface area contributed by atoms with Crippen molar-refractivity contribution in [2.75, 3.05) is 5.75 Å². The molecule has 4 heteroatoms. The van der Waals surface area contributed by atoms with Crippen molar-refractivity contribution < 1.29 is 13.5 Å². The van der Waals surface area contributed by atoms with Crippen molar-refractivity contribution in [1.82, 2.24) is 0 Å². The quantitative estimate of drug-likeness (QED) is 0.511. The fourth-order valence-electron chi connectivity index (χ4n) is 0.687. The van der Waals surface area contributed by atoms with Crippen molar-refractivity contribution in [3.05, 3.63) is 5.44 Å². The predicted octanol–water partition coefficient (Wildman–Crippen LogP) is 0.0570. The zero-order valence-corrected chi connectivity index (χ0v) is 5.11. The first kappa shape index (κ1) is 6.04. The molecule has 8 heavy (non-hydrogen) atoms. The van der Waals surface area contributed by atoms with Crippen molar-refractivity contribution in [3.63, 3.8) is 0 Å². The van der Waals surface area contributed by atoms with Gasteiger partial charge in [-0.05, 0) is 12.8 Å². The van der Waals surface area contributed by atoms with E-state index in [1.54, 1.807) is 0 Å². The standard InChI is InChI=1S/C4H7O3S/c5-4-2-1-3-8(4,6)7/h5H,1-3H2. The molecule has 1 radical (unpaired) electrons. The Morgan fingerprint density at radius 3 is 2.25 bits per heavy atom. The van der Waals surface area contributed by atoms with E-state index in [4.69, 9.17) is 5.11 Å². The summed E-state index contributed by atoms with van der Waals surface area (Å²) >= 11 is 0. The topological polar surface area (TPSA) is 54.4 Å². The van der Waals surface area contributed by atoms with E-state index < -0.39 is 9.84 Å². The lowest BCUT2D eigenvalue weighted by molar-refractivity contribution is 0.346. The maximum atomic E-state index is 10.5. The van der Waals surface area contributed by atoms with E-state index in [0.717, 1.165) is 0 Å². The molecule has 0 atom stereocenters. The van der Waals surface area contributed by atoms with Crippen molar-refractivity contribution in [3.8, 4) is 0 Å². The molecule has 0 amide bonds. The van der Waals surface area contributed by atoms with Crippen LogP contribution in [0.5, 0.6) is 0 Å². The Labute approximate surface area is 48.2 Å². The maximum Gasteiger partial charge on any atom is 0.209 e. The molecule has 1 N–H and O–H groups in total. The lowest BCUT2D eigenvalue weighted by Crippen LogP contribution is -2.05. The van der Waals surface area contributed by atoms with Gasteiger partial charge in [-0.3, -0.25) is 0 Å². The van der Waals surface area contributed by atoms with Gasteiger partial charge in [0.05, 0.1) is 5.75 Å². The number of rotatable bonds is 0. The normalized spacial score (nSPS) is 28.6. The first-order chi connectivity index (χ1) is 3.63. The van der Waals surface area contributed by atoms with Gasteiger partial charge in [0.2, 0.25) is 5.44 Å². The molecule has 0 unspecified atom stereocenters. The smallest absolute Gasteiger partial charge is 0.209 e. The van der Waals surface area contributed by atoms with Crippen LogP contribution in [-0.2, 0) is 9.84 Å². The van der Waals surface area contributed by atoms with Crippen LogP contribution < -0.4 is 0 Å². The van der Waals surface area contributed by atoms with Gasteiger partial charge in [-0.25, -0.2) is 8.42 Å². The molecule has 1 heterocycles. The number of aliphatic hydroxyl groups excluding tert-OH is 1. The van der Waals surface area contributed by atoms with Gasteiger partial charge >= 0.3 is 0 Å². The second kappa shape index (κ2) is 1.70. The van der Waals surface area contributed by atoms with Gasteiger partial charge in [-0.1, -0.05) is 0 Å². The Bertz CT molecular complexity index is 170. The Balaban J connectivity index is 2.85. The molecule has 1 saturated heterocycles. The van der Waals surface area contributed by atoms with Gasteiger partial charge in [0.25, 0.3) is 0 Å². The molecule has 0 saturated carbocycles. The first-order valence-corrected chi connectivity index (χ1v) is 4.06. The molecule has 1 rings (SSSR count). The third kappa shape index (κ3) is 0.855. The molecule has 3 nitrogen and oxygen atoms in total. The largest absolute Gasteiger partial charge is 0.371 e. The van der Waals surface area contributed by atoms with Crippen LogP contribution in [0.3, 0.4) is 0 Å². The molecular formula is C4H7O3S. The van der Waals surface area contributed by atoms with Crippen LogP contribution in [0.25, 0.3) is 0 Å². The molecule has 1 aliphatic heterocycles. The minimum Gasteiger partial charge on any atom is -0.371 e. The van der Waals surface area contributed by atoms with Gasteiger partial charge in [-0.15, -0.1) is 0 Å². The third-order valence-electron chi connectivity index (χ3n) is 1.16. The number of aliphatic hydroxyl groups is 1. The summed E-state index contributed by atoms with van der Waals surface area (Å²) in [7, 11) is -3.15. The Hall–Kier alpha value is -0.0900. The summed E-state index contributed by atoms with van der Waals surface area (Å²) < 4.78 is 20.9. The molecule has 1 aliphatic rings. The molecule has 1 fully saturated rings. The van der Waals surface area contributed by atoms with Crippen molar-refractivity contribution in [2.45, 2.75) is 12.8 Å². The number of sulfone groups is 1. The predicted molar refractivity (Wildman–Crippen MR) is 28.2 cm³/mol. The number of hydrogen-bond acceptors (Lipinski definition) is 3. The van der Waals surface area contributed by atoms with E-state index >= 15 is 0 Å². The summed E-state index contributed by atoms with van der Waals surface area (Å²) in [4.78, 5) is 0. The van der Waals surface area contributed by atoms with Gasteiger partial charge in [0, 0.05) is 0 Å². The minimum absolute atomic E-state index is 0.124. The van der Waals surface area contributed by atoms with Gasteiger partial charge in [0.15, 0.2) is 9.84 Å². The summed E-state index contributed by atoms with van der Waals surface area (Å²) in [6.07, 6.45) is 0.913. The second-order valence-corrected chi connectivity index (χ2v) is 3.93. The second-order valence-electron chi connectivity index (χ2n) is 1.82. The Kier molecular flexibility index (Phi) is 1.28. The zero-order valence-electron chi connectivity index (χ0n) is 4.29. The van der Waals surface area contributed by atoms with Crippen LogP contribution >= 0.6 is 0 Å². The van der Waals surface area contributed by atoms with E-state index in [9.17, 15) is 8.42 Å². The monoisotopic (exact) mass is 135 g/mol. The molecule has 0 aromatic heterocycles. The fourth-order valence-corrected chi connectivity index (χ4v) is 1.90. The highest BCUT2D eigenvalue weighted by atomic mass is 32.2. The van der Waals surface area contributed by atoms with Crippen LogP contribution in [-0.4, -0.2) is 19.3 Å². The van der Waals surface area contributed by atoms with Gasteiger partial charge in [-0.2, -0.15) is 0 Å². The van der Waals surface area contributed by atoms with Crippen LogP contribution in [0, 0.1) is 5.44 Å². The van der Waals surface area contributed by atoms with E-state index in [0.29, 0.717) is 12.8 Å². The lowest BCUT2D eigenvalue weighted by atomic mass is 10.4. The molecule has 0 bridgehead atoms. The molecule has 47 valence electrons. The Morgan fingerprint density at radius 1 is 1.50 bits per heavy atom. The molecule has 0 spiro atoms. The lowest BCUT2D eigenvalue weighted by Gasteiger charge is -1.93. The van der Waals surface area contributed by atoms with Gasteiger partial charge < -0.3 is 5.11 Å². The minimum atomic E-state index is -3.15. The molecule has 0 aromatic carbocycles. The molecule has 0 aliphatic carbocycles. The van der Waals surface area contributed by atoms with Crippen LogP contribution in [0.2, 0.25) is 0 Å². The van der Waals surface area contributed by atoms with Crippen molar-refractivity contribution in [1.29, 1.82) is 0 Å².